The number of aromatic nitrogens is 1. The molecule has 1 aliphatic carbocycles. The molecular weight excluding hydrogens is 414 g/mol. The van der Waals surface area contributed by atoms with E-state index in [1.165, 1.54) is 24.1 Å². The zero-order valence-corrected chi connectivity index (χ0v) is 19.6. The van der Waals surface area contributed by atoms with Crippen LogP contribution in [0.4, 0.5) is 0 Å². The summed E-state index contributed by atoms with van der Waals surface area (Å²) in [7, 11) is 0. The Labute approximate surface area is 196 Å². The van der Waals surface area contributed by atoms with Crippen molar-refractivity contribution in [3.05, 3.63) is 65.0 Å². The minimum atomic E-state index is -0.459. The number of nitrogens with zero attached hydrogens (tertiary/aromatic N) is 2. The Kier molecular flexibility index (Phi) is 8.10. The molecule has 0 radical (unpaired) electrons. The molecule has 2 aromatic rings. The fraction of sp³-hybridized carbons (Fsp3) is 0.519. The molecule has 1 fully saturated rings. The van der Waals surface area contributed by atoms with Crippen molar-refractivity contribution in [3.8, 4) is 0 Å². The molecule has 0 bridgehead atoms. The van der Waals surface area contributed by atoms with Crippen molar-refractivity contribution >= 4 is 11.9 Å². The van der Waals surface area contributed by atoms with Crippen LogP contribution in [0.3, 0.4) is 0 Å². The lowest BCUT2D eigenvalue weighted by Gasteiger charge is -2.26. The molecule has 2 atom stereocenters. The van der Waals surface area contributed by atoms with Crippen LogP contribution in [0.5, 0.6) is 0 Å². The molecule has 1 saturated heterocycles. The lowest BCUT2D eigenvalue weighted by Crippen LogP contribution is -2.37. The van der Waals surface area contributed by atoms with Crippen LogP contribution in [0.2, 0.25) is 0 Å². The number of likely N-dealkylation sites (tertiary alicyclic amines) is 1. The maximum Gasteiger partial charge on any atom is 0.327 e. The number of amides is 1. The quantitative estimate of drug-likeness (QED) is 0.468. The molecule has 176 valence electrons. The van der Waals surface area contributed by atoms with E-state index in [9.17, 15) is 9.59 Å². The Bertz CT molecular complexity index is 947. The van der Waals surface area contributed by atoms with E-state index in [0.717, 1.165) is 43.4 Å². The third-order valence-electron chi connectivity index (χ3n) is 6.73. The highest BCUT2D eigenvalue weighted by Gasteiger charge is 2.36. The van der Waals surface area contributed by atoms with Gasteiger partial charge in [-0.2, -0.15) is 0 Å². The number of pyridine rings is 1. The van der Waals surface area contributed by atoms with Gasteiger partial charge < -0.3 is 10.1 Å². The molecule has 1 aromatic carbocycles. The first-order chi connectivity index (χ1) is 16.2. The molecule has 33 heavy (non-hydrogen) atoms. The number of benzene rings is 1. The first kappa shape index (κ1) is 23.4. The van der Waals surface area contributed by atoms with E-state index in [-0.39, 0.29) is 17.8 Å². The third kappa shape index (κ3) is 5.99. The number of carbonyl (C=O) groups excluding carboxylic acids is 2. The number of fused-ring (bicyclic) bond motifs is 1. The van der Waals surface area contributed by atoms with Gasteiger partial charge in [-0.1, -0.05) is 36.4 Å². The standard InChI is InChI=1S/C27H35N3O3/c1-2-33-27(32)25(21-10-4-3-5-11-21)30-18-16-22(19-30)26(31)28-17-8-12-23-15-14-20-9-6-7-13-24(20)29-23/h3-5,10-11,14-15,22,25H,2,6-9,12-13,16-19H2,1H3,(H,28,31)/t22-,25?/m1/s1. The molecule has 0 spiro atoms. The van der Waals surface area contributed by atoms with E-state index in [0.29, 0.717) is 26.2 Å². The van der Waals surface area contributed by atoms with Crippen LogP contribution in [0.25, 0.3) is 0 Å². The Morgan fingerprint density at radius 3 is 2.79 bits per heavy atom. The molecule has 4 rings (SSSR count). The minimum absolute atomic E-state index is 0.0755. The zero-order chi connectivity index (χ0) is 23.0. The number of ether oxygens (including phenoxy) is 1. The predicted molar refractivity (Wildman–Crippen MR) is 128 cm³/mol. The van der Waals surface area contributed by atoms with Crippen LogP contribution in [0.15, 0.2) is 42.5 Å². The summed E-state index contributed by atoms with van der Waals surface area (Å²) in [5.41, 5.74) is 4.70. The van der Waals surface area contributed by atoms with Crippen LogP contribution < -0.4 is 5.32 Å². The van der Waals surface area contributed by atoms with Gasteiger partial charge in [0.05, 0.1) is 12.5 Å². The molecule has 1 aliphatic heterocycles. The molecule has 0 saturated carbocycles. The van der Waals surface area contributed by atoms with Crippen LogP contribution in [0, 0.1) is 5.92 Å². The minimum Gasteiger partial charge on any atom is -0.465 e. The molecule has 1 aromatic heterocycles. The van der Waals surface area contributed by atoms with Gasteiger partial charge in [0, 0.05) is 31.0 Å². The lowest BCUT2D eigenvalue weighted by molar-refractivity contribution is -0.149. The van der Waals surface area contributed by atoms with E-state index in [4.69, 9.17) is 9.72 Å². The summed E-state index contributed by atoms with van der Waals surface area (Å²) in [5.74, 6) is -0.276. The van der Waals surface area contributed by atoms with Gasteiger partial charge in [-0.3, -0.25) is 14.7 Å². The number of carbonyl (C=O) groups is 2. The molecule has 2 heterocycles. The summed E-state index contributed by atoms with van der Waals surface area (Å²) < 4.78 is 5.34. The fourth-order valence-corrected chi connectivity index (χ4v) is 4.98. The van der Waals surface area contributed by atoms with E-state index < -0.39 is 6.04 Å². The van der Waals surface area contributed by atoms with E-state index in [1.54, 1.807) is 0 Å². The molecule has 1 N–H and O–H groups in total. The highest BCUT2D eigenvalue weighted by molar-refractivity contribution is 5.80. The number of esters is 1. The van der Waals surface area contributed by atoms with E-state index in [1.807, 2.05) is 37.3 Å². The van der Waals surface area contributed by atoms with Crippen molar-refractivity contribution in [1.82, 2.24) is 15.2 Å². The highest BCUT2D eigenvalue weighted by Crippen LogP contribution is 2.29. The van der Waals surface area contributed by atoms with Crippen molar-refractivity contribution in [2.24, 2.45) is 5.92 Å². The third-order valence-corrected chi connectivity index (χ3v) is 6.73. The lowest BCUT2D eigenvalue weighted by atomic mass is 9.95. The van der Waals surface area contributed by atoms with Gasteiger partial charge in [0.1, 0.15) is 6.04 Å². The Morgan fingerprint density at radius 2 is 1.97 bits per heavy atom. The average molecular weight is 450 g/mol. The average Bonchev–Trinajstić information content (AvgIpc) is 3.32. The van der Waals surface area contributed by atoms with Crippen LogP contribution in [0.1, 0.15) is 61.2 Å². The number of hydrogen-bond donors (Lipinski definition) is 1. The van der Waals surface area contributed by atoms with Crippen LogP contribution in [-0.4, -0.2) is 48.0 Å². The highest BCUT2D eigenvalue weighted by atomic mass is 16.5. The predicted octanol–water partition coefficient (Wildman–Crippen LogP) is 3.64. The van der Waals surface area contributed by atoms with Crippen LogP contribution in [-0.2, 0) is 33.6 Å². The van der Waals surface area contributed by atoms with E-state index >= 15 is 0 Å². The summed E-state index contributed by atoms with van der Waals surface area (Å²) in [4.78, 5) is 32.4. The second kappa shape index (κ2) is 11.4. The summed E-state index contributed by atoms with van der Waals surface area (Å²) in [5, 5.41) is 3.10. The Morgan fingerprint density at radius 1 is 1.15 bits per heavy atom. The second-order valence-corrected chi connectivity index (χ2v) is 9.06. The maximum absolute atomic E-state index is 12.8. The first-order valence-corrected chi connectivity index (χ1v) is 12.4. The second-order valence-electron chi connectivity index (χ2n) is 9.06. The summed E-state index contributed by atoms with van der Waals surface area (Å²) >= 11 is 0. The number of hydrogen-bond acceptors (Lipinski definition) is 5. The molecular formula is C27H35N3O3. The zero-order valence-electron chi connectivity index (χ0n) is 19.6. The van der Waals surface area contributed by atoms with Gasteiger partial charge in [0.2, 0.25) is 5.91 Å². The van der Waals surface area contributed by atoms with Gasteiger partial charge in [-0.15, -0.1) is 0 Å². The topological polar surface area (TPSA) is 71.5 Å². The largest absolute Gasteiger partial charge is 0.465 e. The van der Waals surface area contributed by atoms with Gasteiger partial charge in [0.15, 0.2) is 0 Å². The first-order valence-electron chi connectivity index (χ1n) is 12.4. The number of aryl methyl sites for hydroxylation is 3. The van der Waals surface area contributed by atoms with E-state index in [2.05, 4.69) is 22.3 Å². The summed E-state index contributed by atoms with van der Waals surface area (Å²) in [6.07, 6.45) is 7.25. The Hall–Kier alpha value is -2.73. The molecule has 2 aliphatic rings. The van der Waals surface area contributed by atoms with Crippen LogP contribution >= 0.6 is 0 Å². The van der Waals surface area contributed by atoms with Gasteiger partial charge in [-0.05, 0) is 69.1 Å². The molecule has 6 nitrogen and oxygen atoms in total. The van der Waals surface area contributed by atoms with Crippen molar-refractivity contribution in [1.29, 1.82) is 0 Å². The van der Waals surface area contributed by atoms with Gasteiger partial charge >= 0.3 is 5.97 Å². The number of rotatable bonds is 9. The fourth-order valence-electron chi connectivity index (χ4n) is 4.98. The maximum atomic E-state index is 12.8. The SMILES string of the molecule is CCOC(=O)C(c1ccccc1)N1CC[C@@H](C(=O)NCCCc2ccc3c(n2)CCCC3)C1. The molecule has 1 unspecified atom stereocenters. The molecule has 6 heteroatoms. The van der Waals surface area contributed by atoms with Crippen molar-refractivity contribution in [2.75, 3.05) is 26.2 Å². The van der Waals surface area contributed by atoms with Crippen molar-refractivity contribution < 1.29 is 14.3 Å². The monoisotopic (exact) mass is 449 g/mol. The van der Waals surface area contributed by atoms with Gasteiger partial charge in [-0.25, -0.2) is 4.79 Å². The summed E-state index contributed by atoms with van der Waals surface area (Å²) in [6.45, 7) is 4.08. The van der Waals surface area contributed by atoms with Crippen molar-refractivity contribution in [2.45, 2.75) is 57.9 Å². The number of nitrogens with one attached hydrogen (secondary N) is 1. The normalized spacial score (nSPS) is 19.0. The summed E-state index contributed by atoms with van der Waals surface area (Å²) in [6, 6.07) is 13.6. The Balaban J connectivity index is 1.26. The van der Waals surface area contributed by atoms with Crippen molar-refractivity contribution in [3.63, 3.8) is 0 Å². The molecule has 1 amide bonds. The van der Waals surface area contributed by atoms with Gasteiger partial charge in [0.25, 0.3) is 0 Å². The smallest absolute Gasteiger partial charge is 0.327 e.